The zero-order valence-electron chi connectivity index (χ0n) is 33.8. The van der Waals surface area contributed by atoms with Crippen molar-refractivity contribution in [2.75, 3.05) is 58.5 Å². The standard InChI is InChI=1S/C26H40N2O11.C10H13N5O3.HO2P.2H2O/c27-7-1-9-36-11-13-38-14-12-37-10-2-8-28-25(34)26(35)16-21(31)24(33)22(17-26)39-23(32)6-4-18-3-5-19(29)20(30)15-18;1-4-6(16)7(17)10(18-4)15-3-14-5-8(11)12-2-13-9(5)15;1-3-2;;/h3-6,15,21-22,24,29-31,33,35H,1-2,7-14,16-17,27H2,(H,28,34);2-4,6-7,10,16-17H,1H3,(H2,11,12,13);(H,1,2);2*1H2/b6-4+;;;;. The average Bonchev–Trinajstić information content (AvgIpc) is 3.76. The number of aromatic hydroxyl groups is 2. The van der Waals surface area contributed by atoms with Gasteiger partial charge in [0.15, 0.2) is 29.2 Å². The van der Waals surface area contributed by atoms with E-state index >= 15 is 0 Å². The number of nitrogens with zero attached hydrogens (tertiary/aromatic N) is 4. The Labute approximate surface area is 356 Å². The summed E-state index contributed by atoms with van der Waals surface area (Å²) in [5, 5.41) is 72.4. The lowest BCUT2D eigenvalue weighted by Crippen LogP contribution is -2.59. The van der Waals surface area contributed by atoms with Crippen molar-refractivity contribution in [3.05, 3.63) is 42.5 Å². The molecule has 2 aliphatic rings. The Bertz CT molecular complexity index is 1830. The molecule has 5 rings (SSSR count). The maximum atomic E-state index is 12.6. The fourth-order valence-corrected chi connectivity index (χ4v) is 5.93. The first-order chi connectivity index (χ1) is 28.7. The molecule has 2 aromatic heterocycles. The molecule has 1 aromatic carbocycles. The maximum Gasteiger partial charge on any atom is 0.331 e. The predicted octanol–water partition coefficient (Wildman–Crippen LogP) is -3.24. The molecule has 0 spiro atoms. The van der Waals surface area contributed by atoms with Gasteiger partial charge < -0.3 is 92.1 Å². The lowest BCUT2D eigenvalue weighted by molar-refractivity contribution is -0.187. The summed E-state index contributed by atoms with van der Waals surface area (Å²) < 4.78 is 36.8. The number of ether oxygens (including phenoxy) is 5. The van der Waals surface area contributed by atoms with Crippen molar-refractivity contribution in [1.82, 2.24) is 24.8 Å². The number of phenols is 2. The van der Waals surface area contributed by atoms with Crippen LogP contribution in [0.3, 0.4) is 0 Å². The van der Waals surface area contributed by atoms with E-state index in [2.05, 4.69) is 20.3 Å². The molecule has 0 radical (unpaired) electrons. The zero-order chi connectivity index (χ0) is 44.2. The van der Waals surface area contributed by atoms with Gasteiger partial charge in [0.1, 0.15) is 41.9 Å². The van der Waals surface area contributed by atoms with Crippen molar-refractivity contribution in [3.8, 4) is 11.5 Å². The Hall–Kier alpha value is -4.57. The summed E-state index contributed by atoms with van der Waals surface area (Å²) in [6, 6.07) is 3.91. The number of benzene rings is 1. The molecule has 1 aliphatic heterocycles. The summed E-state index contributed by atoms with van der Waals surface area (Å²) in [4.78, 5) is 43.9. The molecule has 3 heterocycles. The second-order valence-corrected chi connectivity index (χ2v) is 13.7. The van der Waals surface area contributed by atoms with Gasteiger partial charge in [0.05, 0.1) is 45.0 Å². The summed E-state index contributed by atoms with van der Waals surface area (Å²) in [6.45, 7) is 5.15. The molecule has 26 heteroatoms. The number of aliphatic hydroxyl groups is 5. The summed E-state index contributed by atoms with van der Waals surface area (Å²) in [7, 11) is -0.833. The number of aromatic nitrogens is 4. The molecule has 8 atom stereocenters. The van der Waals surface area contributed by atoms with Crippen molar-refractivity contribution in [1.29, 1.82) is 0 Å². The second kappa shape index (κ2) is 28.2. The van der Waals surface area contributed by atoms with Crippen molar-refractivity contribution in [2.45, 2.75) is 81.1 Å². The van der Waals surface area contributed by atoms with Crippen LogP contribution in [0.5, 0.6) is 11.5 Å². The highest BCUT2D eigenvalue weighted by Gasteiger charge is 2.50. The smallest absolute Gasteiger partial charge is 0.331 e. The molecule has 1 aliphatic carbocycles. The molecule has 25 nitrogen and oxygen atoms in total. The van der Waals surface area contributed by atoms with Gasteiger partial charge in [-0.25, -0.2) is 24.3 Å². The Morgan fingerprint density at radius 3 is 2.18 bits per heavy atom. The predicted molar refractivity (Wildman–Crippen MR) is 217 cm³/mol. The van der Waals surface area contributed by atoms with E-state index in [0.29, 0.717) is 69.3 Å². The van der Waals surface area contributed by atoms with Gasteiger partial charge in [0, 0.05) is 38.7 Å². The third-order valence-electron chi connectivity index (χ3n) is 9.09. The van der Waals surface area contributed by atoms with Gasteiger partial charge in [-0.3, -0.25) is 9.36 Å². The van der Waals surface area contributed by atoms with Crippen LogP contribution < -0.4 is 16.8 Å². The van der Waals surface area contributed by atoms with Crippen molar-refractivity contribution in [2.24, 2.45) is 5.73 Å². The van der Waals surface area contributed by atoms with Gasteiger partial charge in [-0.1, -0.05) is 6.07 Å². The minimum absolute atomic E-state index is 0. The molecule has 350 valence electrons. The summed E-state index contributed by atoms with van der Waals surface area (Å²) >= 11 is 0. The summed E-state index contributed by atoms with van der Waals surface area (Å²) in [5.41, 5.74) is 10.3. The van der Waals surface area contributed by atoms with Crippen molar-refractivity contribution >= 4 is 43.6 Å². The molecular formula is C36H58N7O18P. The monoisotopic (exact) mass is 907 g/mol. The van der Waals surface area contributed by atoms with Crippen LogP contribution in [-0.4, -0.2) is 178 Å². The number of hydrogen-bond acceptors (Lipinski definition) is 20. The topological polar surface area (TPSA) is 430 Å². The first-order valence-electron chi connectivity index (χ1n) is 18.8. The lowest BCUT2D eigenvalue weighted by Gasteiger charge is -2.40. The number of hydrogen-bond donors (Lipinski definition) is 11. The fraction of sp³-hybridized carbons (Fsp3) is 0.583. The van der Waals surface area contributed by atoms with Crippen LogP contribution >= 0.6 is 8.69 Å². The maximum absolute atomic E-state index is 12.6. The molecular weight excluding hydrogens is 849 g/mol. The molecule has 1 saturated carbocycles. The van der Waals surface area contributed by atoms with E-state index in [4.69, 9.17) is 44.6 Å². The highest BCUT2D eigenvalue weighted by molar-refractivity contribution is 7.16. The number of imidazole rings is 1. The minimum Gasteiger partial charge on any atom is -0.504 e. The molecule has 8 unspecified atom stereocenters. The Morgan fingerprint density at radius 1 is 0.952 bits per heavy atom. The Morgan fingerprint density at radius 2 is 1.58 bits per heavy atom. The third kappa shape index (κ3) is 16.6. The molecule has 17 N–H and O–H groups in total. The van der Waals surface area contributed by atoms with Gasteiger partial charge in [-0.2, -0.15) is 0 Å². The number of rotatable bonds is 18. The fourth-order valence-electron chi connectivity index (χ4n) is 5.93. The molecule has 1 saturated heterocycles. The lowest BCUT2D eigenvalue weighted by atomic mass is 9.79. The van der Waals surface area contributed by atoms with Gasteiger partial charge in [-0.15, -0.1) is 0 Å². The number of carbonyl (C=O) groups is 2. The van der Waals surface area contributed by atoms with Gasteiger partial charge >= 0.3 is 14.7 Å². The summed E-state index contributed by atoms with van der Waals surface area (Å²) in [5.74, 6) is -2.09. The molecule has 3 aromatic rings. The van der Waals surface area contributed by atoms with E-state index < -0.39 is 81.9 Å². The zero-order valence-corrected chi connectivity index (χ0v) is 34.7. The number of amides is 1. The minimum atomic E-state index is -2.06. The molecule has 1 amide bonds. The average molecular weight is 908 g/mol. The van der Waals surface area contributed by atoms with E-state index in [1.807, 2.05) is 0 Å². The van der Waals surface area contributed by atoms with Gasteiger partial charge in [0.2, 0.25) is 0 Å². The van der Waals surface area contributed by atoms with Crippen LogP contribution in [0.15, 0.2) is 36.9 Å². The SMILES string of the molecule is CC1OC(n2cnc3c(N)ncnc32)C(O)C1O.NCCCOCCOCCOCCCNC(=O)C1(O)CC(O)C(O)C(OC(=O)/C=C/c2ccc(O)c(O)c2)C1.O.O.O=PO. The Balaban J connectivity index is 0.000000691. The van der Waals surface area contributed by atoms with E-state index in [1.165, 1.54) is 36.9 Å². The number of fused-ring (bicyclic) bond motifs is 1. The van der Waals surface area contributed by atoms with Crippen LogP contribution in [0.4, 0.5) is 5.82 Å². The number of nitrogens with one attached hydrogen (secondary N) is 1. The summed E-state index contributed by atoms with van der Waals surface area (Å²) in [6.07, 6.45) is -1.97. The quantitative estimate of drug-likeness (QED) is 0.0196. The number of anilines is 1. The molecule has 2 fully saturated rings. The third-order valence-corrected chi connectivity index (χ3v) is 9.09. The van der Waals surface area contributed by atoms with E-state index in [9.17, 15) is 45.3 Å². The normalized spacial score (nSPS) is 24.2. The van der Waals surface area contributed by atoms with Crippen LogP contribution in [0.25, 0.3) is 17.2 Å². The van der Waals surface area contributed by atoms with E-state index in [-0.39, 0.29) is 34.8 Å². The van der Waals surface area contributed by atoms with E-state index in [0.717, 1.165) is 12.5 Å². The first-order valence-corrected chi connectivity index (χ1v) is 19.6. The number of aliphatic hydroxyl groups excluding tert-OH is 4. The number of nitrogen functional groups attached to an aromatic ring is 1. The number of carbonyl (C=O) groups excluding carboxylic acids is 2. The van der Waals surface area contributed by atoms with Gasteiger partial charge in [0.25, 0.3) is 5.91 Å². The number of nitrogens with two attached hydrogens (primary N) is 2. The van der Waals surface area contributed by atoms with Crippen LogP contribution in [0.1, 0.15) is 44.4 Å². The second-order valence-electron chi connectivity index (χ2n) is 13.5. The first kappa shape index (κ1) is 55.4. The highest BCUT2D eigenvalue weighted by atomic mass is 31.1. The highest BCUT2D eigenvalue weighted by Crippen LogP contribution is 2.33. The van der Waals surface area contributed by atoms with Crippen molar-refractivity contribution < 1.29 is 89.4 Å². The number of esters is 1. The van der Waals surface area contributed by atoms with Crippen LogP contribution in [0.2, 0.25) is 0 Å². The van der Waals surface area contributed by atoms with Crippen LogP contribution in [0, 0.1) is 0 Å². The van der Waals surface area contributed by atoms with Crippen LogP contribution in [-0.2, 0) is 37.8 Å². The largest absolute Gasteiger partial charge is 0.504 e. The molecule has 0 bridgehead atoms. The number of phenolic OH excluding ortho intramolecular Hbond substituents is 2. The van der Waals surface area contributed by atoms with E-state index in [1.54, 1.807) is 11.5 Å². The Kier molecular flexibility index (Phi) is 25.2. The van der Waals surface area contributed by atoms with Gasteiger partial charge in [-0.05, 0) is 50.1 Å². The van der Waals surface area contributed by atoms with Crippen molar-refractivity contribution in [3.63, 3.8) is 0 Å². The molecule has 62 heavy (non-hydrogen) atoms.